The number of hydrogen-bond acceptors (Lipinski definition) is 7. The van der Waals surface area contributed by atoms with Crippen molar-refractivity contribution in [3.63, 3.8) is 0 Å². The maximum Gasteiger partial charge on any atom is 0.338 e. The topological polar surface area (TPSA) is 107 Å². The SMILES string of the molecule is CCC1=C(C(=O)OC)[C@@H](c2ccccc2)n2c(s/c(=C\c3cc(I)c(OCc4ccc(C(=O)O)cc4)c(I)c3)c2=O)=N1. The first kappa shape index (κ1) is 30.2. The van der Waals surface area contributed by atoms with Crippen molar-refractivity contribution in [2.45, 2.75) is 26.0 Å². The molecule has 0 amide bonds. The number of halogens is 2. The molecule has 11 heteroatoms. The Balaban J connectivity index is 1.52. The maximum atomic E-state index is 13.9. The van der Waals surface area contributed by atoms with Crippen LogP contribution in [0, 0.1) is 7.14 Å². The summed E-state index contributed by atoms with van der Waals surface area (Å²) in [6.45, 7) is 2.21. The molecule has 0 spiro atoms. The van der Waals surface area contributed by atoms with Crippen molar-refractivity contribution in [3.05, 3.63) is 127 Å². The Morgan fingerprint density at radius 1 is 1.07 bits per heavy atom. The minimum absolute atomic E-state index is 0.222. The second-order valence-corrected chi connectivity index (χ2v) is 12.6. The van der Waals surface area contributed by atoms with Crippen LogP contribution in [-0.4, -0.2) is 28.7 Å². The molecule has 5 rings (SSSR count). The zero-order valence-electron chi connectivity index (χ0n) is 22.5. The second kappa shape index (κ2) is 12.9. The number of ether oxygens (including phenoxy) is 2. The van der Waals surface area contributed by atoms with Gasteiger partial charge in [-0.25, -0.2) is 14.6 Å². The molecule has 0 saturated heterocycles. The fraction of sp³-hybridized carbons (Fsp3) is 0.161. The monoisotopic (exact) mass is 806 g/mol. The van der Waals surface area contributed by atoms with Gasteiger partial charge >= 0.3 is 11.9 Å². The highest BCUT2D eigenvalue weighted by molar-refractivity contribution is 14.1. The van der Waals surface area contributed by atoms with Crippen LogP contribution >= 0.6 is 56.5 Å². The van der Waals surface area contributed by atoms with Crippen LogP contribution in [0.4, 0.5) is 0 Å². The van der Waals surface area contributed by atoms with E-state index in [1.165, 1.54) is 18.4 Å². The molecule has 3 aromatic carbocycles. The number of aromatic carboxylic acids is 1. The summed E-state index contributed by atoms with van der Waals surface area (Å²) in [5.74, 6) is -0.771. The van der Waals surface area contributed by atoms with Crippen LogP contribution < -0.4 is 19.6 Å². The average Bonchev–Trinajstić information content (AvgIpc) is 3.30. The van der Waals surface area contributed by atoms with E-state index in [1.807, 2.05) is 55.5 Å². The van der Waals surface area contributed by atoms with Gasteiger partial charge in [0.25, 0.3) is 5.56 Å². The first-order chi connectivity index (χ1) is 20.2. The minimum atomic E-state index is -0.972. The van der Waals surface area contributed by atoms with Crippen LogP contribution in [0.3, 0.4) is 0 Å². The molecule has 0 fully saturated rings. The summed E-state index contributed by atoms with van der Waals surface area (Å²) in [5, 5.41) is 9.10. The molecule has 214 valence electrons. The number of carboxylic acids is 1. The number of nitrogens with zero attached hydrogens (tertiary/aromatic N) is 2. The fourth-order valence-corrected chi connectivity index (χ4v) is 7.81. The summed E-state index contributed by atoms with van der Waals surface area (Å²) in [5.41, 5.74) is 3.43. The van der Waals surface area contributed by atoms with Gasteiger partial charge in [0.2, 0.25) is 0 Å². The van der Waals surface area contributed by atoms with E-state index >= 15 is 0 Å². The van der Waals surface area contributed by atoms with Crippen LogP contribution in [0.2, 0.25) is 0 Å². The van der Waals surface area contributed by atoms with Crippen LogP contribution in [0.25, 0.3) is 6.08 Å². The number of rotatable bonds is 8. The summed E-state index contributed by atoms with van der Waals surface area (Å²) in [6, 6.07) is 19.2. The first-order valence-electron chi connectivity index (χ1n) is 12.8. The van der Waals surface area contributed by atoms with E-state index in [0.717, 1.165) is 23.8 Å². The Kier molecular flexibility index (Phi) is 9.28. The largest absolute Gasteiger partial charge is 0.487 e. The molecule has 1 aromatic heterocycles. The number of carboxylic acid groups (broad SMARTS) is 1. The third-order valence-corrected chi connectivity index (χ3v) is 9.25. The Labute approximate surface area is 272 Å². The molecule has 4 aromatic rings. The number of carbonyl (C=O) groups is 2. The Morgan fingerprint density at radius 3 is 2.33 bits per heavy atom. The molecule has 2 heterocycles. The highest BCUT2D eigenvalue weighted by Crippen LogP contribution is 2.32. The van der Waals surface area contributed by atoms with Crippen LogP contribution in [0.1, 0.15) is 46.4 Å². The Bertz CT molecular complexity index is 1870. The molecule has 42 heavy (non-hydrogen) atoms. The van der Waals surface area contributed by atoms with Gasteiger partial charge in [0.15, 0.2) is 4.80 Å². The minimum Gasteiger partial charge on any atom is -0.487 e. The molecule has 1 atom stereocenters. The summed E-state index contributed by atoms with van der Waals surface area (Å²) in [4.78, 5) is 43.1. The summed E-state index contributed by atoms with van der Waals surface area (Å²) in [7, 11) is 1.33. The zero-order valence-corrected chi connectivity index (χ0v) is 27.6. The van der Waals surface area contributed by atoms with Crippen molar-refractivity contribution in [2.75, 3.05) is 7.11 Å². The van der Waals surface area contributed by atoms with Crippen molar-refractivity contribution in [1.82, 2.24) is 4.57 Å². The quantitative estimate of drug-likeness (QED) is 0.192. The Morgan fingerprint density at radius 2 is 1.74 bits per heavy atom. The van der Waals surface area contributed by atoms with Crippen molar-refractivity contribution >= 4 is 74.5 Å². The van der Waals surface area contributed by atoms with Crippen LogP contribution in [-0.2, 0) is 16.1 Å². The molecule has 1 N–H and O–H groups in total. The number of methoxy groups -OCH3 is 1. The van der Waals surface area contributed by atoms with Gasteiger partial charge in [-0.2, -0.15) is 0 Å². The summed E-state index contributed by atoms with van der Waals surface area (Å²) in [6.07, 6.45) is 2.35. The molecule has 0 aliphatic carbocycles. The number of esters is 1. The van der Waals surface area contributed by atoms with Gasteiger partial charge in [-0.15, -0.1) is 0 Å². The van der Waals surface area contributed by atoms with E-state index < -0.39 is 18.0 Å². The molecular formula is C31H24I2N2O6S. The Hall–Kier alpha value is -3.30. The lowest BCUT2D eigenvalue weighted by atomic mass is 9.95. The molecular weight excluding hydrogens is 782 g/mol. The summed E-state index contributed by atoms with van der Waals surface area (Å²) < 4.78 is 15.0. The lowest BCUT2D eigenvalue weighted by Crippen LogP contribution is -2.40. The number of hydrogen-bond donors (Lipinski definition) is 1. The number of carbonyl (C=O) groups excluding carboxylic acids is 1. The lowest BCUT2D eigenvalue weighted by Gasteiger charge is -2.25. The lowest BCUT2D eigenvalue weighted by molar-refractivity contribution is -0.136. The van der Waals surface area contributed by atoms with E-state index in [0.29, 0.717) is 32.8 Å². The molecule has 0 radical (unpaired) electrons. The molecule has 0 unspecified atom stereocenters. The maximum absolute atomic E-state index is 13.9. The van der Waals surface area contributed by atoms with E-state index in [-0.39, 0.29) is 17.7 Å². The van der Waals surface area contributed by atoms with Crippen molar-refractivity contribution < 1.29 is 24.2 Å². The number of fused-ring (bicyclic) bond motifs is 1. The highest BCUT2D eigenvalue weighted by atomic mass is 127. The van der Waals surface area contributed by atoms with E-state index in [9.17, 15) is 14.4 Å². The highest BCUT2D eigenvalue weighted by Gasteiger charge is 2.33. The molecule has 1 aliphatic rings. The van der Waals surface area contributed by atoms with Gasteiger partial charge in [0.05, 0.1) is 41.7 Å². The fourth-order valence-electron chi connectivity index (χ4n) is 4.67. The molecule has 0 bridgehead atoms. The predicted molar refractivity (Wildman–Crippen MR) is 176 cm³/mol. The first-order valence-corrected chi connectivity index (χ1v) is 15.8. The van der Waals surface area contributed by atoms with Crippen LogP contribution in [0.5, 0.6) is 5.75 Å². The van der Waals surface area contributed by atoms with E-state index in [4.69, 9.17) is 19.6 Å². The molecule has 1 aliphatic heterocycles. The third-order valence-electron chi connectivity index (χ3n) is 6.67. The van der Waals surface area contributed by atoms with Gasteiger partial charge in [-0.3, -0.25) is 9.36 Å². The van der Waals surface area contributed by atoms with Gasteiger partial charge in [-0.1, -0.05) is 60.7 Å². The number of thiazole rings is 1. The predicted octanol–water partition coefficient (Wildman–Crippen LogP) is 5.28. The smallest absolute Gasteiger partial charge is 0.338 e. The van der Waals surface area contributed by atoms with Gasteiger partial charge in [-0.05, 0) is 98.6 Å². The van der Waals surface area contributed by atoms with Gasteiger partial charge < -0.3 is 14.6 Å². The van der Waals surface area contributed by atoms with Crippen LogP contribution in [0.15, 0.2) is 87.8 Å². The van der Waals surface area contributed by atoms with Crippen molar-refractivity contribution in [2.24, 2.45) is 4.99 Å². The van der Waals surface area contributed by atoms with Crippen molar-refractivity contribution in [3.8, 4) is 5.75 Å². The van der Waals surface area contributed by atoms with E-state index in [1.54, 1.807) is 28.8 Å². The number of benzene rings is 3. The zero-order chi connectivity index (χ0) is 30.0. The number of aromatic nitrogens is 1. The summed E-state index contributed by atoms with van der Waals surface area (Å²) >= 11 is 5.70. The van der Waals surface area contributed by atoms with Gasteiger partial charge in [0.1, 0.15) is 12.4 Å². The molecule has 0 saturated carbocycles. The second-order valence-electron chi connectivity index (χ2n) is 9.30. The van der Waals surface area contributed by atoms with Gasteiger partial charge in [0, 0.05) is 0 Å². The van der Waals surface area contributed by atoms with E-state index in [2.05, 4.69) is 45.2 Å². The third kappa shape index (κ3) is 6.08. The average molecular weight is 806 g/mol. The number of allylic oxidation sites excluding steroid dienone is 1. The standard InChI is InChI=1S/C31H24I2N2O6S/c1-3-23-25(30(39)40-2)26(19-7-5-4-6-8-19)35-28(36)24(42-31(35)34-23)15-18-13-21(32)27(22(33)14-18)41-16-17-9-11-20(12-10-17)29(37)38/h4-15,26H,3,16H2,1-2H3,(H,37,38)/b24-15-/t26-/m1/s1. The normalized spacial score (nSPS) is 14.8. The molecule has 8 nitrogen and oxygen atoms in total. The van der Waals surface area contributed by atoms with Crippen molar-refractivity contribution in [1.29, 1.82) is 0 Å².